The number of carbonyl (C=O) groups excluding carboxylic acids is 1. The number of anilines is 1. The summed E-state index contributed by atoms with van der Waals surface area (Å²) >= 11 is 0. The Balaban J connectivity index is 1.44. The van der Waals surface area contributed by atoms with Crippen molar-refractivity contribution in [3.05, 3.63) is 18.6 Å². The first-order chi connectivity index (χ1) is 9.03. The Morgan fingerprint density at radius 2 is 2.11 bits per heavy atom. The summed E-state index contributed by atoms with van der Waals surface area (Å²) in [7, 11) is 0. The summed E-state index contributed by atoms with van der Waals surface area (Å²) in [6.07, 6.45) is 4.22. The molecule has 1 aromatic heterocycles. The van der Waals surface area contributed by atoms with Gasteiger partial charge in [0.15, 0.2) is 0 Å². The third-order valence-corrected chi connectivity index (χ3v) is 3.56. The number of hydrogen-bond donors (Lipinski definition) is 1. The monoisotopic (exact) mass is 268 g/mol. The highest BCUT2D eigenvalue weighted by Crippen LogP contribution is 2.42. The summed E-state index contributed by atoms with van der Waals surface area (Å²) < 4.78 is 25.3. The molecule has 102 valence electrons. The SMILES string of the molecule is O=C(NC1CN(c2cnccn2)C1)C1CC(F)(F)C1. The van der Waals surface area contributed by atoms with Crippen molar-refractivity contribution in [2.24, 2.45) is 5.92 Å². The van der Waals surface area contributed by atoms with Crippen molar-refractivity contribution < 1.29 is 13.6 Å². The van der Waals surface area contributed by atoms with Gasteiger partial charge >= 0.3 is 0 Å². The number of nitrogens with zero attached hydrogens (tertiary/aromatic N) is 3. The second kappa shape index (κ2) is 4.40. The van der Waals surface area contributed by atoms with E-state index >= 15 is 0 Å². The second-order valence-corrected chi connectivity index (χ2v) is 5.14. The second-order valence-electron chi connectivity index (χ2n) is 5.14. The maximum absolute atomic E-state index is 12.7. The van der Waals surface area contributed by atoms with Crippen LogP contribution in [0.15, 0.2) is 18.6 Å². The van der Waals surface area contributed by atoms with Gasteiger partial charge in [0.05, 0.1) is 12.2 Å². The number of rotatable bonds is 3. The quantitative estimate of drug-likeness (QED) is 0.882. The number of nitrogens with one attached hydrogen (secondary N) is 1. The lowest BCUT2D eigenvalue weighted by Gasteiger charge is -2.42. The molecule has 3 rings (SSSR count). The molecule has 1 aliphatic carbocycles. The van der Waals surface area contributed by atoms with Crippen molar-refractivity contribution in [1.29, 1.82) is 0 Å². The van der Waals surface area contributed by atoms with Crippen molar-refractivity contribution in [2.75, 3.05) is 18.0 Å². The van der Waals surface area contributed by atoms with Crippen LogP contribution in [-0.2, 0) is 4.79 Å². The molecule has 19 heavy (non-hydrogen) atoms. The zero-order valence-electron chi connectivity index (χ0n) is 10.2. The summed E-state index contributed by atoms with van der Waals surface area (Å²) in [5.74, 6) is -2.66. The number of halogens is 2. The fraction of sp³-hybridized carbons (Fsp3) is 0.583. The minimum absolute atomic E-state index is 0.0173. The molecule has 0 spiro atoms. The first-order valence-electron chi connectivity index (χ1n) is 6.23. The van der Waals surface area contributed by atoms with Crippen LogP contribution < -0.4 is 10.2 Å². The van der Waals surface area contributed by atoms with Crippen LogP contribution in [0.25, 0.3) is 0 Å². The van der Waals surface area contributed by atoms with Gasteiger partial charge < -0.3 is 10.2 Å². The van der Waals surface area contributed by atoms with E-state index < -0.39 is 11.8 Å². The van der Waals surface area contributed by atoms with Crippen molar-refractivity contribution in [2.45, 2.75) is 24.8 Å². The van der Waals surface area contributed by atoms with Gasteiger partial charge in [-0.1, -0.05) is 0 Å². The van der Waals surface area contributed by atoms with Gasteiger partial charge in [-0.05, 0) is 0 Å². The summed E-state index contributed by atoms with van der Waals surface area (Å²) in [4.78, 5) is 21.8. The molecule has 1 amide bonds. The van der Waals surface area contributed by atoms with Crippen molar-refractivity contribution in [1.82, 2.24) is 15.3 Å². The molecule has 0 unspecified atom stereocenters. The van der Waals surface area contributed by atoms with E-state index in [1.807, 2.05) is 4.90 Å². The predicted octanol–water partition coefficient (Wildman–Crippen LogP) is 0.827. The Hall–Kier alpha value is -1.79. The zero-order valence-corrected chi connectivity index (χ0v) is 10.2. The van der Waals surface area contributed by atoms with Gasteiger partial charge in [-0.3, -0.25) is 9.78 Å². The highest BCUT2D eigenvalue weighted by atomic mass is 19.3. The van der Waals surface area contributed by atoms with Gasteiger partial charge in [0.25, 0.3) is 0 Å². The Labute approximate surface area is 109 Å². The molecule has 0 atom stereocenters. The summed E-state index contributed by atoms with van der Waals surface area (Å²) in [5.41, 5.74) is 0. The zero-order chi connectivity index (χ0) is 13.5. The van der Waals surface area contributed by atoms with E-state index in [0.717, 1.165) is 5.82 Å². The highest BCUT2D eigenvalue weighted by Gasteiger charge is 2.49. The van der Waals surface area contributed by atoms with Gasteiger partial charge in [0.2, 0.25) is 11.8 Å². The number of aromatic nitrogens is 2. The lowest BCUT2D eigenvalue weighted by molar-refractivity contribution is -0.150. The fourth-order valence-corrected chi connectivity index (χ4v) is 2.38. The molecule has 0 aromatic carbocycles. The Morgan fingerprint density at radius 3 is 2.68 bits per heavy atom. The molecule has 0 radical (unpaired) electrons. The Kier molecular flexibility index (Phi) is 2.83. The summed E-state index contributed by atoms with van der Waals surface area (Å²) in [6, 6.07) is 0.0173. The number of carbonyl (C=O) groups is 1. The van der Waals surface area contributed by atoms with Gasteiger partial charge in [0, 0.05) is 44.2 Å². The highest BCUT2D eigenvalue weighted by molar-refractivity contribution is 5.80. The topological polar surface area (TPSA) is 58.1 Å². The molecule has 1 aromatic rings. The van der Waals surface area contributed by atoms with E-state index in [0.29, 0.717) is 13.1 Å². The molecule has 2 heterocycles. The summed E-state index contributed by atoms with van der Waals surface area (Å²) in [6.45, 7) is 1.29. The normalized spacial score (nSPS) is 22.5. The smallest absolute Gasteiger partial charge is 0.249 e. The molecular weight excluding hydrogens is 254 g/mol. The molecule has 1 aliphatic heterocycles. The minimum Gasteiger partial charge on any atom is -0.351 e. The standard InChI is InChI=1S/C12H14F2N4O/c13-12(14)3-8(4-12)11(19)17-9-6-18(7-9)10-5-15-1-2-16-10/h1-2,5,8-9H,3-4,6-7H2,(H,17,19). The van der Waals surface area contributed by atoms with Crippen LogP contribution >= 0.6 is 0 Å². The van der Waals surface area contributed by atoms with Gasteiger partial charge in [-0.2, -0.15) is 0 Å². The van der Waals surface area contributed by atoms with Crippen molar-refractivity contribution in [3.8, 4) is 0 Å². The van der Waals surface area contributed by atoms with Crippen LogP contribution in [0, 0.1) is 5.92 Å². The van der Waals surface area contributed by atoms with E-state index in [1.165, 1.54) is 0 Å². The van der Waals surface area contributed by atoms with Gasteiger partial charge in [0.1, 0.15) is 5.82 Å². The van der Waals surface area contributed by atoms with Gasteiger partial charge in [-0.25, -0.2) is 13.8 Å². The number of amides is 1. The van der Waals surface area contributed by atoms with Crippen LogP contribution in [0.2, 0.25) is 0 Å². The van der Waals surface area contributed by atoms with E-state index in [1.54, 1.807) is 18.6 Å². The Morgan fingerprint density at radius 1 is 1.37 bits per heavy atom. The van der Waals surface area contributed by atoms with Crippen LogP contribution in [-0.4, -0.2) is 40.9 Å². The molecule has 2 fully saturated rings. The van der Waals surface area contributed by atoms with E-state index in [-0.39, 0.29) is 24.8 Å². The lowest BCUT2D eigenvalue weighted by atomic mass is 9.80. The van der Waals surface area contributed by atoms with E-state index in [2.05, 4.69) is 15.3 Å². The molecule has 1 saturated carbocycles. The lowest BCUT2D eigenvalue weighted by Crippen LogP contribution is -2.61. The number of hydrogen-bond acceptors (Lipinski definition) is 4. The first-order valence-corrected chi connectivity index (χ1v) is 6.23. The van der Waals surface area contributed by atoms with Crippen molar-refractivity contribution in [3.63, 3.8) is 0 Å². The van der Waals surface area contributed by atoms with Gasteiger partial charge in [-0.15, -0.1) is 0 Å². The third kappa shape index (κ3) is 2.50. The van der Waals surface area contributed by atoms with Crippen LogP contribution in [0.1, 0.15) is 12.8 Å². The largest absolute Gasteiger partial charge is 0.351 e. The number of alkyl halides is 2. The molecule has 7 heteroatoms. The van der Waals surface area contributed by atoms with Crippen LogP contribution in [0.3, 0.4) is 0 Å². The van der Waals surface area contributed by atoms with E-state index in [4.69, 9.17) is 0 Å². The fourth-order valence-electron chi connectivity index (χ4n) is 2.38. The average Bonchev–Trinajstić information content (AvgIpc) is 2.31. The van der Waals surface area contributed by atoms with Crippen molar-refractivity contribution >= 4 is 11.7 Å². The summed E-state index contributed by atoms with van der Waals surface area (Å²) in [5, 5.41) is 2.79. The minimum atomic E-state index is -2.65. The maximum atomic E-state index is 12.7. The molecule has 1 saturated heterocycles. The Bertz CT molecular complexity index is 468. The maximum Gasteiger partial charge on any atom is 0.249 e. The van der Waals surface area contributed by atoms with Crippen LogP contribution in [0.4, 0.5) is 14.6 Å². The molecule has 0 bridgehead atoms. The molecular formula is C12H14F2N4O. The molecule has 2 aliphatic rings. The third-order valence-electron chi connectivity index (χ3n) is 3.56. The molecule has 5 nitrogen and oxygen atoms in total. The predicted molar refractivity (Wildman–Crippen MR) is 63.8 cm³/mol. The van der Waals surface area contributed by atoms with E-state index in [9.17, 15) is 13.6 Å². The first kappa shape index (κ1) is 12.3. The molecule has 1 N–H and O–H groups in total. The van der Waals surface area contributed by atoms with Crippen LogP contribution in [0.5, 0.6) is 0 Å². The average molecular weight is 268 g/mol.